The Bertz CT molecular complexity index is 802. The summed E-state index contributed by atoms with van der Waals surface area (Å²) in [6.45, 7) is 1.63. The molecule has 2 aromatic rings. The van der Waals surface area contributed by atoms with Crippen LogP contribution in [0, 0.1) is 0 Å². The van der Waals surface area contributed by atoms with E-state index in [4.69, 9.17) is 25.8 Å². The Labute approximate surface area is 181 Å². The van der Waals surface area contributed by atoms with Gasteiger partial charge in [-0.1, -0.05) is 23.7 Å². The van der Waals surface area contributed by atoms with Gasteiger partial charge in [-0.3, -0.25) is 4.99 Å². The van der Waals surface area contributed by atoms with Gasteiger partial charge in [0, 0.05) is 25.2 Å². The van der Waals surface area contributed by atoms with Crippen LogP contribution in [0.5, 0.6) is 17.2 Å². The number of benzene rings is 2. The van der Waals surface area contributed by atoms with Crippen molar-refractivity contribution < 1.29 is 14.2 Å². The lowest BCUT2D eigenvalue weighted by atomic mass is 10.1. The van der Waals surface area contributed by atoms with Crippen LogP contribution < -0.4 is 24.8 Å². The van der Waals surface area contributed by atoms with Crippen molar-refractivity contribution >= 4 is 41.5 Å². The molecule has 3 rings (SSSR count). The minimum atomic E-state index is 0. The first-order valence-electron chi connectivity index (χ1n) is 8.35. The van der Waals surface area contributed by atoms with Crippen molar-refractivity contribution in [1.29, 1.82) is 0 Å². The topological polar surface area (TPSA) is 64.1 Å². The standard InChI is InChI=1S/C19H22ClN3O3.HI/c1-21-19(22-8-7-14-4-5-15(24-2)10-16(14)20)23-11-13-3-6-17-18(9-13)26-12-25-17;/h3-6,9-10H,7-8,11-12H2,1-2H3,(H2,21,22,23);1H. The van der Waals surface area contributed by atoms with Crippen molar-refractivity contribution in [1.82, 2.24) is 10.6 Å². The van der Waals surface area contributed by atoms with Crippen molar-refractivity contribution in [2.24, 2.45) is 4.99 Å². The lowest BCUT2D eigenvalue weighted by molar-refractivity contribution is 0.174. The normalized spacial score (nSPS) is 12.3. The van der Waals surface area contributed by atoms with E-state index in [2.05, 4.69) is 15.6 Å². The number of methoxy groups -OCH3 is 1. The van der Waals surface area contributed by atoms with Gasteiger partial charge >= 0.3 is 0 Å². The van der Waals surface area contributed by atoms with Gasteiger partial charge in [0.2, 0.25) is 6.79 Å². The summed E-state index contributed by atoms with van der Waals surface area (Å²) in [6.07, 6.45) is 0.785. The van der Waals surface area contributed by atoms with E-state index in [9.17, 15) is 0 Å². The molecule has 146 valence electrons. The summed E-state index contributed by atoms with van der Waals surface area (Å²) in [5.74, 6) is 3.05. The molecule has 1 aliphatic rings. The number of hydrogen-bond acceptors (Lipinski definition) is 4. The number of aliphatic imine (C=N–C) groups is 1. The highest BCUT2D eigenvalue weighted by molar-refractivity contribution is 14.0. The molecular formula is C19H23ClIN3O3. The Morgan fingerprint density at radius 3 is 2.70 bits per heavy atom. The number of halogens is 2. The number of guanidine groups is 1. The Morgan fingerprint density at radius 2 is 1.96 bits per heavy atom. The molecule has 1 aliphatic heterocycles. The highest BCUT2D eigenvalue weighted by Crippen LogP contribution is 2.32. The highest BCUT2D eigenvalue weighted by atomic mass is 127. The van der Waals surface area contributed by atoms with Crippen molar-refractivity contribution in [2.75, 3.05) is 27.5 Å². The molecule has 0 unspecified atom stereocenters. The predicted molar refractivity (Wildman–Crippen MR) is 118 cm³/mol. The maximum atomic E-state index is 6.27. The van der Waals surface area contributed by atoms with Crippen LogP contribution in [-0.4, -0.2) is 33.5 Å². The summed E-state index contributed by atoms with van der Waals surface area (Å²) in [7, 11) is 3.37. The van der Waals surface area contributed by atoms with Crippen LogP contribution in [-0.2, 0) is 13.0 Å². The molecule has 6 nitrogen and oxygen atoms in total. The molecule has 0 aliphatic carbocycles. The molecule has 0 aromatic heterocycles. The van der Waals surface area contributed by atoms with Gasteiger partial charge in [-0.2, -0.15) is 0 Å². The lowest BCUT2D eigenvalue weighted by Crippen LogP contribution is -2.37. The number of fused-ring (bicyclic) bond motifs is 1. The molecule has 8 heteroatoms. The number of rotatable bonds is 6. The molecule has 1 heterocycles. The minimum absolute atomic E-state index is 0. The van der Waals surface area contributed by atoms with Gasteiger partial charge in [0.15, 0.2) is 17.5 Å². The summed E-state index contributed by atoms with van der Waals surface area (Å²) in [5, 5.41) is 7.28. The van der Waals surface area contributed by atoms with Gasteiger partial charge in [0.1, 0.15) is 5.75 Å². The SMILES string of the molecule is CN=C(NCCc1ccc(OC)cc1Cl)NCc1ccc2c(c1)OCO2.I. The lowest BCUT2D eigenvalue weighted by Gasteiger charge is -2.13. The zero-order valence-electron chi connectivity index (χ0n) is 15.3. The van der Waals surface area contributed by atoms with Crippen LogP contribution in [0.2, 0.25) is 5.02 Å². The van der Waals surface area contributed by atoms with E-state index in [0.717, 1.165) is 40.8 Å². The van der Waals surface area contributed by atoms with Crippen molar-refractivity contribution in [3.63, 3.8) is 0 Å². The molecule has 0 saturated heterocycles. The van der Waals surface area contributed by atoms with E-state index in [1.54, 1.807) is 14.2 Å². The molecule has 0 atom stereocenters. The number of ether oxygens (including phenoxy) is 3. The van der Waals surface area contributed by atoms with E-state index in [-0.39, 0.29) is 30.8 Å². The van der Waals surface area contributed by atoms with Crippen LogP contribution in [0.3, 0.4) is 0 Å². The Balaban J connectivity index is 0.00000261. The molecule has 2 aromatic carbocycles. The van der Waals surface area contributed by atoms with Gasteiger partial charge < -0.3 is 24.8 Å². The summed E-state index contributed by atoms with van der Waals surface area (Å²) >= 11 is 6.27. The third-order valence-electron chi connectivity index (χ3n) is 4.07. The second kappa shape index (κ2) is 10.5. The van der Waals surface area contributed by atoms with Gasteiger partial charge in [0.25, 0.3) is 0 Å². The summed E-state index contributed by atoms with van der Waals surface area (Å²) in [4.78, 5) is 4.24. The Morgan fingerprint density at radius 1 is 1.15 bits per heavy atom. The molecule has 0 bridgehead atoms. The first-order chi connectivity index (χ1) is 12.7. The second-order valence-electron chi connectivity index (χ2n) is 5.75. The molecule has 0 radical (unpaired) electrons. The molecular weight excluding hydrogens is 481 g/mol. The first kappa shape index (κ1) is 21.4. The van der Waals surface area contributed by atoms with Crippen LogP contribution in [0.4, 0.5) is 0 Å². The minimum Gasteiger partial charge on any atom is -0.497 e. The van der Waals surface area contributed by atoms with Gasteiger partial charge in [0.05, 0.1) is 7.11 Å². The van der Waals surface area contributed by atoms with Crippen LogP contribution >= 0.6 is 35.6 Å². The summed E-state index contributed by atoms with van der Waals surface area (Å²) in [6, 6.07) is 11.6. The fourth-order valence-electron chi connectivity index (χ4n) is 2.63. The molecule has 0 fully saturated rings. The average Bonchev–Trinajstić information content (AvgIpc) is 3.13. The van der Waals surface area contributed by atoms with E-state index < -0.39 is 0 Å². The summed E-state index contributed by atoms with van der Waals surface area (Å²) in [5.41, 5.74) is 2.15. The maximum Gasteiger partial charge on any atom is 0.231 e. The average molecular weight is 504 g/mol. The monoisotopic (exact) mass is 503 g/mol. The van der Waals surface area contributed by atoms with Crippen molar-refractivity contribution in [3.05, 3.63) is 52.5 Å². The van der Waals surface area contributed by atoms with Crippen LogP contribution in [0.25, 0.3) is 0 Å². The van der Waals surface area contributed by atoms with Gasteiger partial charge in [-0.25, -0.2) is 0 Å². The predicted octanol–water partition coefficient (Wildman–Crippen LogP) is 3.60. The highest BCUT2D eigenvalue weighted by Gasteiger charge is 2.13. The molecule has 0 amide bonds. The Kier molecular flexibility index (Phi) is 8.30. The van der Waals surface area contributed by atoms with E-state index in [1.807, 2.05) is 36.4 Å². The molecule has 27 heavy (non-hydrogen) atoms. The molecule has 0 spiro atoms. The number of nitrogens with one attached hydrogen (secondary N) is 2. The van der Waals surface area contributed by atoms with E-state index in [0.29, 0.717) is 18.1 Å². The largest absolute Gasteiger partial charge is 0.497 e. The van der Waals surface area contributed by atoms with Crippen LogP contribution in [0.1, 0.15) is 11.1 Å². The van der Waals surface area contributed by atoms with Crippen LogP contribution in [0.15, 0.2) is 41.4 Å². The van der Waals surface area contributed by atoms with Gasteiger partial charge in [-0.15, -0.1) is 24.0 Å². The van der Waals surface area contributed by atoms with E-state index in [1.165, 1.54) is 0 Å². The Hall–Kier alpha value is -1.87. The van der Waals surface area contributed by atoms with Gasteiger partial charge in [-0.05, 0) is 41.8 Å². The van der Waals surface area contributed by atoms with Crippen molar-refractivity contribution in [2.45, 2.75) is 13.0 Å². The second-order valence-corrected chi connectivity index (χ2v) is 6.15. The zero-order chi connectivity index (χ0) is 18.4. The maximum absolute atomic E-state index is 6.27. The zero-order valence-corrected chi connectivity index (χ0v) is 18.3. The smallest absolute Gasteiger partial charge is 0.231 e. The fourth-order valence-corrected chi connectivity index (χ4v) is 2.90. The molecule has 2 N–H and O–H groups in total. The molecule has 0 saturated carbocycles. The summed E-state index contributed by atoms with van der Waals surface area (Å²) < 4.78 is 15.9. The quantitative estimate of drug-likeness (QED) is 0.358. The number of hydrogen-bond donors (Lipinski definition) is 2. The van der Waals surface area contributed by atoms with E-state index >= 15 is 0 Å². The third kappa shape index (κ3) is 5.80. The van der Waals surface area contributed by atoms with Crippen molar-refractivity contribution in [3.8, 4) is 17.2 Å². The fraction of sp³-hybridized carbons (Fsp3) is 0.316. The third-order valence-corrected chi connectivity index (χ3v) is 4.42. The number of nitrogens with zero attached hydrogens (tertiary/aromatic N) is 1. The first-order valence-corrected chi connectivity index (χ1v) is 8.73.